The Hall–Kier alpha value is -2.89. The number of anilines is 1. The van der Waals surface area contributed by atoms with Gasteiger partial charge in [0.2, 0.25) is 0 Å². The first kappa shape index (κ1) is 26.4. The van der Waals surface area contributed by atoms with Gasteiger partial charge in [-0.15, -0.1) is 0 Å². The van der Waals surface area contributed by atoms with Gasteiger partial charge in [0, 0.05) is 5.69 Å². The molecule has 0 atom stereocenters. The van der Waals surface area contributed by atoms with Crippen molar-refractivity contribution in [2.45, 2.75) is 71.1 Å². The lowest BCUT2D eigenvalue weighted by Crippen LogP contribution is -2.16. The molecule has 0 bridgehead atoms. The summed E-state index contributed by atoms with van der Waals surface area (Å²) in [5, 5.41) is 6.46. The van der Waals surface area contributed by atoms with Crippen molar-refractivity contribution in [2.75, 3.05) is 18.5 Å². The van der Waals surface area contributed by atoms with Crippen LogP contribution in [0.4, 0.5) is 10.1 Å². The first-order chi connectivity index (χ1) is 16.2. The summed E-state index contributed by atoms with van der Waals surface area (Å²) in [5.41, 5.74) is 1.35. The van der Waals surface area contributed by atoms with Crippen LogP contribution in [-0.2, 0) is 9.63 Å². The van der Waals surface area contributed by atoms with E-state index in [1.165, 1.54) is 76.1 Å². The highest BCUT2D eigenvalue weighted by Crippen LogP contribution is 2.16. The van der Waals surface area contributed by atoms with E-state index < -0.39 is 0 Å². The van der Waals surface area contributed by atoms with Gasteiger partial charge in [0.15, 0.2) is 6.61 Å². The molecule has 0 aliphatic heterocycles. The minimum Gasteiger partial charge on any atom is -0.494 e. The van der Waals surface area contributed by atoms with Gasteiger partial charge < -0.3 is 14.9 Å². The van der Waals surface area contributed by atoms with Crippen molar-refractivity contribution in [3.8, 4) is 5.75 Å². The summed E-state index contributed by atoms with van der Waals surface area (Å²) in [6, 6.07) is 13.1. The monoisotopic (exact) mass is 456 g/mol. The average Bonchev–Trinajstić information content (AvgIpc) is 2.82. The predicted octanol–water partition coefficient (Wildman–Crippen LogP) is 7.11. The van der Waals surface area contributed by atoms with Crippen LogP contribution in [0.15, 0.2) is 53.7 Å². The van der Waals surface area contributed by atoms with Crippen LogP contribution in [0.3, 0.4) is 0 Å². The van der Waals surface area contributed by atoms with Crippen molar-refractivity contribution >= 4 is 17.8 Å². The second-order valence-electron chi connectivity index (χ2n) is 8.16. The molecule has 6 heteroatoms. The molecule has 0 aliphatic carbocycles. The van der Waals surface area contributed by atoms with Gasteiger partial charge in [-0.2, -0.15) is 0 Å². The largest absolute Gasteiger partial charge is 0.494 e. The Balaban J connectivity index is 1.51. The molecule has 0 unspecified atom stereocenters. The van der Waals surface area contributed by atoms with Gasteiger partial charge in [-0.1, -0.05) is 82.0 Å². The van der Waals surface area contributed by atoms with Crippen LogP contribution in [0.2, 0.25) is 0 Å². The molecule has 2 aromatic carbocycles. The molecule has 2 aromatic rings. The van der Waals surface area contributed by atoms with E-state index >= 15 is 0 Å². The van der Waals surface area contributed by atoms with E-state index in [4.69, 9.17) is 9.57 Å². The number of unbranched alkanes of at least 4 members (excludes halogenated alkanes) is 9. The van der Waals surface area contributed by atoms with E-state index in [-0.39, 0.29) is 18.3 Å². The Bertz CT molecular complexity index is 807. The molecule has 0 aliphatic rings. The maximum absolute atomic E-state index is 12.8. The Morgan fingerprint density at radius 2 is 1.48 bits per heavy atom. The SMILES string of the molecule is CCCCCCCCCCCCOc1ccc(NC(=O)CO/N=C/c2ccc(F)cc2)cc1. The van der Waals surface area contributed by atoms with E-state index in [0.29, 0.717) is 17.9 Å². The van der Waals surface area contributed by atoms with Gasteiger partial charge in [0.1, 0.15) is 11.6 Å². The zero-order valence-electron chi connectivity index (χ0n) is 19.7. The lowest BCUT2D eigenvalue weighted by Gasteiger charge is -2.08. The van der Waals surface area contributed by atoms with Gasteiger partial charge >= 0.3 is 0 Å². The standard InChI is InChI=1S/C27H37FN2O3/c1-2-3-4-5-6-7-8-9-10-11-20-32-26-18-16-25(17-19-26)30-27(31)22-33-29-21-23-12-14-24(28)15-13-23/h12-19,21H,2-11,20,22H2,1H3,(H,30,31)/b29-21+. The van der Waals surface area contributed by atoms with Crippen molar-refractivity contribution in [2.24, 2.45) is 5.16 Å². The summed E-state index contributed by atoms with van der Waals surface area (Å²) in [6.07, 6.45) is 14.4. The first-order valence-electron chi connectivity index (χ1n) is 12.1. The lowest BCUT2D eigenvalue weighted by molar-refractivity contribution is -0.120. The molecule has 0 radical (unpaired) electrons. The number of ether oxygens (including phenoxy) is 1. The fourth-order valence-electron chi connectivity index (χ4n) is 3.35. The summed E-state index contributed by atoms with van der Waals surface area (Å²) >= 11 is 0. The van der Waals surface area contributed by atoms with Crippen molar-refractivity contribution in [1.82, 2.24) is 0 Å². The number of carbonyl (C=O) groups is 1. The maximum atomic E-state index is 12.8. The van der Waals surface area contributed by atoms with Crippen LogP contribution >= 0.6 is 0 Å². The van der Waals surface area contributed by atoms with Crippen LogP contribution < -0.4 is 10.1 Å². The summed E-state index contributed by atoms with van der Waals surface area (Å²) in [7, 11) is 0. The number of hydrogen-bond donors (Lipinski definition) is 1. The molecular weight excluding hydrogens is 419 g/mol. The average molecular weight is 457 g/mol. The summed E-state index contributed by atoms with van der Waals surface area (Å²) in [4.78, 5) is 16.9. The summed E-state index contributed by atoms with van der Waals surface area (Å²) in [6.45, 7) is 2.75. The maximum Gasteiger partial charge on any atom is 0.265 e. The Labute approximate surface area is 197 Å². The Morgan fingerprint density at radius 1 is 0.879 bits per heavy atom. The number of amides is 1. The van der Waals surface area contributed by atoms with Crippen LogP contribution in [0.25, 0.3) is 0 Å². The molecule has 1 amide bonds. The summed E-state index contributed by atoms with van der Waals surface area (Å²) < 4.78 is 18.6. The van der Waals surface area contributed by atoms with Crippen LogP contribution in [0, 0.1) is 5.82 Å². The minimum atomic E-state index is -0.317. The zero-order valence-corrected chi connectivity index (χ0v) is 19.7. The summed E-state index contributed by atoms with van der Waals surface area (Å²) in [5.74, 6) is 0.164. The molecule has 0 spiro atoms. The highest BCUT2D eigenvalue weighted by molar-refractivity contribution is 5.91. The van der Waals surface area contributed by atoms with Crippen LogP contribution in [0.1, 0.15) is 76.7 Å². The quantitative estimate of drug-likeness (QED) is 0.157. The number of benzene rings is 2. The van der Waals surface area contributed by atoms with E-state index in [0.717, 1.165) is 12.2 Å². The normalized spacial score (nSPS) is 11.0. The molecule has 0 aromatic heterocycles. The van der Waals surface area contributed by atoms with Crippen molar-refractivity contribution in [1.29, 1.82) is 0 Å². The van der Waals surface area contributed by atoms with E-state index in [1.807, 2.05) is 12.1 Å². The highest BCUT2D eigenvalue weighted by Gasteiger charge is 2.03. The molecule has 0 fully saturated rings. The Kier molecular flexibility index (Phi) is 13.3. The number of halogens is 1. The second kappa shape index (κ2) is 16.7. The van der Waals surface area contributed by atoms with Gasteiger partial charge in [-0.25, -0.2) is 4.39 Å². The third-order valence-electron chi connectivity index (χ3n) is 5.25. The van der Waals surface area contributed by atoms with E-state index in [2.05, 4.69) is 17.4 Å². The topological polar surface area (TPSA) is 59.9 Å². The van der Waals surface area contributed by atoms with E-state index in [1.54, 1.807) is 24.3 Å². The van der Waals surface area contributed by atoms with Crippen molar-refractivity contribution in [3.05, 3.63) is 59.9 Å². The highest BCUT2D eigenvalue weighted by atomic mass is 19.1. The zero-order chi connectivity index (χ0) is 23.6. The van der Waals surface area contributed by atoms with Gasteiger partial charge in [-0.05, 0) is 48.4 Å². The molecule has 0 saturated carbocycles. The van der Waals surface area contributed by atoms with Crippen molar-refractivity contribution < 1.29 is 18.8 Å². The number of hydrogen-bond acceptors (Lipinski definition) is 4. The third kappa shape index (κ3) is 12.7. The number of nitrogens with one attached hydrogen (secondary N) is 1. The second-order valence-corrected chi connectivity index (χ2v) is 8.16. The predicted molar refractivity (Wildman–Crippen MR) is 132 cm³/mol. The first-order valence-corrected chi connectivity index (χ1v) is 12.1. The number of oxime groups is 1. The molecular formula is C27H37FN2O3. The van der Waals surface area contributed by atoms with Gasteiger partial charge in [-0.3, -0.25) is 4.79 Å². The number of carbonyl (C=O) groups excluding carboxylic acids is 1. The molecule has 0 heterocycles. The fraction of sp³-hybridized carbons (Fsp3) is 0.481. The number of rotatable bonds is 17. The fourth-order valence-corrected chi connectivity index (χ4v) is 3.35. The van der Waals surface area contributed by atoms with Crippen LogP contribution in [0.5, 0.6) is 5.75 Å². The third-order valence-corrected chi connectivity index (χ3v) is 5.25. The lowest BCUT2D eigenvalue weighted by atomic mass is 10.1. The molecule has 33 heavy (non-hydrogen) atoms. The minimum absolute atomic E-state index is 0.214. The van der Waals surface area contributed by atoms with E-state index in [9.17, 15) is 9.18 Å². The molecule has 0 saturated heterocycles. The van der Waals surface area contributed by atoms with Gasteiger partial charge in [0.25, 0.3) is 5.91 Å². The number of nitrogens with zero attached hydrogens (tertiary/aromatic N) is 1. The molecule has 5 nitrogen and oxygen atoms in total. The van der Waals surface area contributed by atoms with Gasteiger partial charge in [0.05, 0.1) is 12.8 Å². The van der Waals surface area contributed by atoms with Crippen molar-refractivity contribution in [3.63, 3.8) is 0 Å². The van der Waals surface area contributed by atoms with Crippen LogP contribution in [-0.4, -0.2) is 25.3 Å². The Morgan fingerprint density at radius 3 is 2.12 bits per heavy atom. The molecule has 1 N–H and O–H groups in total. The molecule has 2 rings (SSSR count). The smallest absolute Gasteiger partial charge is 0.265 e. The molecule has 180 valence electrons.